The molecular formula is C23H23Cl2N3O4. The molecule has 0 saturated carbocycles. The molecule has 1 aromatic heterocycles. The van der Waals surface area contributed by atoms with Crippen LogP contribution in [-0.2, 0) is 19.1 Å². The highest BCUT2D eigenvalue weighted by atomic mass is 35.5. The van der Waals surface area contributed by atoms with Gasteiger partial charge in [-0.05, 0) is 43.2 Å². The first-order valence-corrected chi connectivity index (χ1v) is 11.1. The van der Waals surface area contributed by atoms with Gasteiger partial charge in [0.15, 0.2) is 5.92 Å². The Morgan fingerprint density at radius 2 is 1.97 bits per heavy atom. The third-order valence-corrected chi connectivity index (χ3v) is 6.06. The molecule has 1 amide bonds. The summed E-state index contributed by atoms with van der Waals surface area (Å²) in [6.07, 6.45) is 0.591. The molecule has 0 N–H and O–H groups in total. The van der Waals surface area contributed by atoms with Crippen LogP contribution in [0.1, 0.15) is 24.9 Å². The van der Waals surface area contributed by atoms with E-state index < -0.39 is 17.9 Å². The number of aromatic nitrogens is 2. The summed E-state index contributed by atoms with van der Waals surface area (Å²) in [4.78, 5) is 33.1. The first kappa shape index (κ1) is 22.6. The van der Waals surface area contributed by atoms with Gasteiger partial charge in [0.2, 0.25) is 11.9 Å². The predicted octanol–water partition coefficient (Wildman–Crippen LogP) is 4.49. The van der Waals surface area contributed by atoms with Crippen molar-refractivity contribution in [3.63, 3.8) is 0 Å². The second-order valence-electron chi connectivity index (χ2n) is 7.45. The molecule has 0 fully saturated rings. The molecule has 2 atom stereocenters. The highest BCUT2D eigenvalue weighted by Crippen LogP contribution is 2.43. The van der Waals surface area contributed by atoms with Crippen molar-refractivity contribution in [3.8, 4) is 0 Å². The summed E-state index contributed by atoms with van der Waals surface area (Å²) in [7, 11) is 1.60. The third-order valence-electron chi connectivity index (χ3n) is 5.50. The molecule has 0 bridgehead atoms. The molecule has 0 saturated heterocycles. The molecule has 4 rings (SSSR count). The summed E-state index contributed by atoms with van der Waals surface area (Å²) in [5, 5.41) is 0.826. The van der Waals surface area contributed by atoms with E-state index in [9.17, 15) is 9.59 Å². The maximum atomic E-state index is 13.7. The molecule has 7 nitrogen and oxygen atoms in total. The number of hydrogen-bond acceptors (Lipinski definition) is 5. The van der Waals surface area contributed by atoms with Crippen molar-refractivity contribution in [1.82, 2.24) is 9.55 Å². The quantitative estimate of drug-likeness (QED) is 0.285. The van der Waals surface area contributed by atoms with E-state index in [1.165, 1.54) is 0 Å². The van der Waals surface area contributed by atoms with E-state index in [1.54, 1.807) is 37.1 Å². The van der Waals surface area contributed by atoms with Crippen molar-refractivity contribution in [2.24, 2.45) is 5.92 Å². The molecule has 0 unspecified atom stereocenters. The predicted molar refractivity (Wildman–Crippen MR) is 123 cm³/mol. The number of rotatable bonds is 7. The summed E-state index contributed by atoms with van der Waals surface area (Å²) < 4.78 is 12.4. The number of carbonyl (C=O) groups is 2. The van der Waals surface area contributed by atoms with Gasteiger partial charge in [-0.3, -0.25) is 14.5 Å². The van der Waals surface area contributed by atoms with Crippen molar-refractivity contribution < 1.29 is 19.1 Å². The maximum absolute atomic E-state index is 13.7. The van der Waals surface area contributed by atoms with E-state index in [2.05, 4.69) is 0 Å². The van der Waals surface area contributed by atoms with E-state index in [-0.39, 0.29) is 12.5 Å². The van der Waals surface area contributed by atoms with Crippen LogP contribution in [0.2, 0.25) is 10.0 Å². The molecule has 0 radical (unpaired) electrons. The smallest absolute Gasteiger partial charge is 0.321 e. The minimum Gasteiger partial charge on any atom is -0.465 e. The summed E-state index contributed by atoms with van der Waals surface area (Å²) in [5.41, 5.74) is 2.10. The van der Waals surface area contributed by atoms with Crippen LogP contribution in [0.15, 0.2) is 42.5 Å². The van der Waals surface area contributed by atoms with Gasteiger partial charge in [0, 0.05) is 30.3 Å². The number of ether oxygens (including phenoxy) is 2. The van der Waals surface area contributed by atoms with Gasteiger partial charge in [-0.25, -0.2) is 4.98 Å². The minimum atomic E-state index is -1.12. The number of benzene rings is 2. The fourth-order valence-corrected chi connectivity index (χ4v) is 4.67. The summed E-state index contributed by atoms with van der Waals surface area (Å²) in [6, 6.07) is 11.9. The first-order chi connectivity index (χ1) is 15.5. The number of amides is 1. The second-order valence-corrected chi connectivity index (χ2v) is 8.29. The molecule has 168 valence electrons. The normalized spacial score (nSPS) is 18.1. The van der Waals surface area contributed by atoms with Crippen molar-refractivity contribution in [2.75, 3.05) is 31.8 Å². The number of para-hydroxylation sites is 2. The first-order valence-electron chi connectivity index (χ1n) is 10.4. The zero-order valence-corrected chi connectivity index (χ0v) is 19.3. The number of esters is 1. The fraction of sp³-hybridized carbons (Fsp3) is 0.348. The number of carbonyl (C=O) groups excluding carboxylic acids is 2. The zero-order valence-electron chi connectivity index (χ0n) is 17.8. The van der Waals surface area contributed by atoms with Crippen LogP contribution in [0, 0.1) is 5.92 Å². The van der Waals surface area contributed by atoms with Crippen molar-refractivity contribution in [1.29, 1.82) is 0 Å². The highest BCUT2D eigenvalue weighted by Gasteiger charge is 2.48. The molecule has 3 aromatic rings. The molecule has 0 aliphatic carbocycles. The number of methoxy groups -OCH3 is 1. The van der Waals surface area contributed by atoms with Crippen molar-refractivity contribution in [3.05, 3.63) is 58.1 Å². The van der Waals surface area contributed by atoms with Gasteiger partial charge in [-0.1, -0.05) is 41.4 Å². The average Bonchev–Trinajstić information content (AvgIpc) is 3.14. The van der Waals surface area contributed by atoms with E-state index >= 15 is 0 Å². The average molecular weight is 476 g/mol. The molecule has 0 spiro atoms. The summed E-state index contributed by atoms with van der Waals surface area (Å²) in [6.45, 7) is 2.70. The lowest BCUT2D eigenvalue weighted by molar-refractivity contribution is -0.153. The van der Waals surface area contributed by atoms with Crippen LogP contribution >= 0.6 is 23.2 Å². The molecule has 32 heavy (non-hydrogen) atoms. The van der Waals surface area contributed by atoms with Gasteiger partial charge < -0.3 is 14.0 Å². The molecular weight excluding hydrogens is 453 g/mol. The zero-order chi connectivity index (χ0) is 22.8. The van der Waals surface area contributed by atoms with E-state index in [0.29, 0.717) is 46.6 Å². The SMILES string of the molecule is CCOC(=O)[C@@H]1C(=O)N(CCCOC)c2nc3ccccc3n2[C@H]1c1ccc(Cl)cc1Cl. The maximum Gasteiger partial charge on any atom is 0.321 e. The molecule has 9 heteroatoms. The lowest BCUT2D eigenvalue weighted by Crippen LogP contribution is -2.50. The number of fused-ring (bicyclic) bond motifs is 3. The minimum absolute atomic E-state index is 0.158. The summed E-state index contributed by atoms with van der Waals surface area (Å²) in [5.74, 6) is -1.64. The van der Waals surface area contributed by atoms with E-state index in [4.69, 9.17) is 37.7 Å². The van der Waals surface area contributed by atoms with Gasteiger partial charge in [0.25, 0.3) is 0 Å². The Hall–Kier alpha value is -2.61. The molecule has 1 aliphatic heterocycles. The Labute approximate surface area is 195 Å². The van der Waals surface area contributed by atoms with E-state index in [0.717, 1.165) is 5.52 Å². The number of halogens is 2. The van der Waals surface area contributed by atoms with Crippen LogP contribution in [0.4, 0.5) is 5.95 Å². The Morgan fingerprint density at radius 3 is 2.69 bits per heavy atom. The Bertz CT molecular complexity index is 1160. The van der Waals surface area contributed by atoms with Crippen molar-refractivity contribution in [2.45, 2.75) is 19.4 Å². The van der Waals surface area contributed by atoms with Crippen LogP contribution in [0.5, 0.6) is 0 Å². The Balaban J connectivity index is 1.97. The monoisotopic (exact) mass is 475 g/mol. The number of nitrogens with zero attached hydrogens (tertiary/aromatic N) is 3. The second kappa shape index (κ2) is 9.48. The largest absolute Gasteiger partial charge is 0.465 e. The summed E-state index contributed by atoms with van der Waals surface area (Å²) >= 11 is 12.7. The van der Waals surface area contributed by atoms with Crippen molar-refractivity contribution >= 4 is 52.1 Å². The highest BCUT2D eigenvalue weighted by molar-refractivity contribution is 6.35. The third kappa shape index (κ3) is 3.96. The van der Waals surface area contributed by atoms with Gasteiger partial charge in [0.1, 0.15) is 0 Å². The number of hydrogen-bond donors (Lipinski definition) is 0. The number of imidazole rings is 1. The van der Waals surface area contributed by atoms with Crippen LogP contribution in [0.3, 0.4) is 0 Å². The standard InChI is InChI=1S/C23H23Cl2N3O4/c1-3-32-22(30)19-20(15-10-9-14(24)13-16(15)25)28-18-8-5-4-7-17(18)26-23(28)27(21(19)29)11-6-12-31-2/h4-5,7-10,13,19-20H,3,6,11-12H2,1-2H3/t19-,20-/m0/s1. The Morgan fingerprint density at radius 1 is 1.19 bits per heavy atom. The molecule has 1 aliphatic rings. The fourth-order valence-electron chi connectivity index (χ4n) is 4.15. The molecule has 2 aromatic carbocycles. The van der Waals surface area contributed by atoms with Crippen LogP contribution in [0.25, 0.3) is 11.0 Å². The van der Waals surface area contributed by atoms with Gasteiger partial charge in [-0.15, -0.1) is 0 Å². The van der Waals surface area contributed by atoms with E-state index in [1.807, 2.05) is 28.8 Å². The lowest BCUT2D eigenvalue weighted by atomic mass is 9.89. The van der Waals surface area contributed by atoms with Gasteiger partial charge in [-0.2, -0.15) is 0 Å². The van der Waals surface area contributed by atoms with Gasteiger partial charge >= 0.3 is 5.97 Å². The van der Waals surface area contributed by atoms with Gasteiger partial charge in [0.05, 0.1) is 23.7 Å². The number of anilines is 1. The topological polar surface area (TPSA) is 73.7 Å². The lowest BCUT2D eigenvalue weighted by Gasteiger charge is -2.38. The Kier molecular flexibility index (Phi) is 6.69. The van der Waals surface area contributed by atoms with Crippen LogP contribution < -0.4 is 4.90 Å². The molecule has 2 heterocycles. The van der Waals surface area contributed by atoms with Crippen LogP contribution in [-0.4, -0.2) is 48.3 Å².